The summed E-state index contributed by atoms with van der Waals surface area (Å²) in [6.07, 6.45) is 1.73. The molecule has 0 bridgehead atoms. The van der Waals surface area contributed by atoms with Crippen molar-refractivity contribution in [1.82, 2.24) is 0 Å². The molecule has 1 unspecified atom stereocenters. The first-order valence-corrected chi connectivity index (χ1v) is 5.38. The van der Waals surface area contributed by atoms with Crippen LogP contribution in [0.1, 0.15) is 10.8 Å². The van der Waals surface area contributed by atoms with Crippen molar-refractivity contribution in [3.8, 4) is 6.07 Å². The van der Waals surface area contributed by atoms with E-state index >= 15 is 0 Å². The van der Waals surface area contributed by atoms with E-state index in [1.807, 2.05) is 0 Å². The van der Waals surface area contributed by atoms with Crippen LogP contribution in [0.5, 0.6) is 0 Å². The van der Waals surface area contributed by atoms with Gasteiger partial charge in [-0.15, -0.1) is 18.3 Å². The second-order valence-corrected chi connectivity index (χ2v) is 3.91. The lowest BCUT2D eigenvalue weighted by molar-refractivity contribution is 0.627. The number of thioether (sulfide) groups is 1. The van der Waals surface area contributed by atoms with E-state index in [1.165, 1.54) is 23.9 Å². The molecule has 0 aromatic heterocycles. The maximum absolute atomic E-state index is 12.7. The third-order valence-electron chi connectivity index (χ3n) is 1.72. The van der Waals surface area contributed by atoms with Gasteiger partial charge in [0.1, 0.15) is 5.82 Å². The molecule has 1 aromatic carbocycles. The lowest BCUT2D eigenvalue weighted by Gasteiger charge is -2.04. The molecule has 4 heteroatoms. The standard InChI is InChI=1S/C11H10FNOS/c1-2-7-15-11(8-13-14)9-3-5-10(12)6-4-9/h2-6,11H,1,7H2. The first kappa shape index (κ1) is 11.6. The van der Waals surface area contributed by atoms with E-state index in [0.717, 1.165) is 5.56 Å². The normalized spacial score (nSPS) is 11.3. The Balaban J connectivity index is 2.81. The molecule has 0 aliphatic heterocycles. The smallest absolute Gasteiger partial charge is 0.317 e. The average molecular weight is 223 g/mol. The van der Waals surface area contributed by atoms with Crippen LogP contribution in [0.2, 0.25) is 0 Å². The van der Waals surface area contributed by atoms with Crippen molar-refractivity contribution < 1.29 is 4.39 Å². The van der Waals surface area contributed by atoms with Crippen LogP contribution in [0, 0.1) is 17.1 Å². The number of halogens is 1. The Morgan fingerprint density at radius 1 is 1.53 bits per heavy atom. The van der Waals surface area contributed by atoms with Gasteiger partial charge in [0.25, 0.3) is 0 Å². The van der Waals surface area contributed by atoms with Gasteiger partial charge in [-0.1, -0.05) is 18.2 Å². The maximum atomic E-state index is 12.7. The highest BCUT2D eigenvalue weighted by molar-refractivity contribution is 7.99. The van der Waals surface area contributed by atoms with Gasteiger partial charge < -0.3 is 5.21 Å². The number of hydrogen-bond acceptors (Lipinski definition) is 2. The molecule has 0 amide bonds. The molecule has 0 spiro atoms. The number of benzene rings is 1. The molecule has 2 nitrogen and oxygen atoms in total. The van der Waals surface area contributed by atoms with Gasteiger partial charge in [-0.05, 0) is 17.7 Å². The highest BCUT2D eigenvalue weighted by Crippen LogP contribution is 2.28. The second kappa shape index (κ2) is 6.10. The summed E-state index contributed by atoms with van der Waals surface area (Å²) >= 11 is 1.46. The molecule has 0 heterocycles. The van der Waals surface area contributed by atoms with Crippen LogP contribution in [-0.4, -0.2) is 5.75 Å². The minimum absolute atomic E-state index is 0.263. The zero-order chi connectivity index (χ0) is 11.1. The van der Waals surface area contributed by atoms with E-state index in [9.17, 15) is 9.60 Å². The Morgan fingerprint density at radius 2 is 2.20 bits per heavy atom. The minimum Gasteiger partial charge on any atom is -0.498 e. The third-order valence-corrected chi connectivity index (χ3v) is 2.86. The van der Waals surface area contributed by atoms with Crippen molar-refractivity contribution in [2.45, 2.75) is 5.25 Å². The Bertz CT molecular complexity index is 380. The van der Waals surface area contributed by atoms with Gasteiger partial charge in [0.15, 0.2) is 5.25 Å². The minimum atomic E-state index is -0.301. The summed E-state index contributed by atoms with van der Waals surface area (Å²) in [5, 5.41) is 12.5. The average Bonchev–Trinajstić information content (AvgIpc) is 2.25. The van der Waals surface area contributed by atoms with Crippen molar-refractivity contribution in [1.29, 1.82) is 0 Å². The SMILES string of the molecule is C=CCSC(C#[N+][O-])c1ccc(F)cc1. The zero-order valence-electron chi connectivity index (χ0n) is 8.02. The lowest BCUT2D eigenvalue weighted by atomic mass is 10.2. The molecule has 15 heavy (non-hydrogen) atoms. The van der Waals surface area contributed by atoms with Gasteiger partial charge in [-0.25, -0.2) is 4.39 Å². The molecule has 78 valence electrons. The zero-order valence-corrected chi connectivity index (χ0v) is 8.84. The van der Waals surface area contributed by atoms with E-state index < -0.39 is 0 Å². The maximum Gasteiger partial charge on any atom is 0.317 e. The molecular formula is C11H10FNOS. The molecule has 0 saturated heterocycles. The molecular weight excluding hydrogens is 213 g/mol. The van der Waals surface area contributed by atoms with Gasteiger partial charge in [0.2, 0.25) is 0 Å². The molecule has 0 radical (unpaired) electrons. The van der Waals surface area contributed by atoms with Crippen molar-refractivity contribution >= 4 is 11.8 Å². The van der Waals surface area contributed by atoms with Crippen molar-refractivity contribution in [3.63, 3.8) is 0 Å². The molecule has 0 aliphatic rings. The largest absolute Gasteiger partial charge is 0.498 e. The highest BCUT2D eigenvalue weighted by atomic mass is 32.2. The summed E-state index contributed by atoms with van der Waals surface area (Å²) in [5.41, 5.74) is 0.808. The van der Waals surface area contributed by atoms with Crippen LogP contribution >= 0.6 is 11.8 Å². The summed E-state index contributed by atoms with van der Waals surface area (Å²) in [5.74, 6) is 0.384. The van der Waals surface area contributed by atoms with Gasteiger partial charge in [-0.3, -0.25) is 0 Å². The van der Waals surface area contributed by atoms with Gasteiger partial charge in [0, 0.05) is 10.8 Å². The lowest BCUT2D eigenvalue weighted by Crippen LogP contribution is -1.91. The fourth-order valence-electron chi connectivity index (χ4n) is 1.06. The first-order valence-electron chi connectivity index (χ1n) is 4.33. The summed E-state index contributed by atoms with van der Waals surface area (Å²) in [6.45, 7) is 3.58. The third kappa shape index (κ3) is 3.64. The topological polar surface area (TPSA) is 27.4 Å². The van der Waals surface area contributed by atoms with Crippen LogP contribution in [0.25, 0.3) is 5.01 Å². The van der Waals surface area contributed by atoms with Crippen LogP contribution in [-0.2, 0) is 0 Å². The summed E-state index contributed by atoms with van der Waals surface area (Å²) < 4.78 is 12.7. The molecule has 1 atom stereocenters. The van der Waals surface area contributed by atoms with Crippen molar-refractivity contribution in [3.05, 3.63) is 58.5 Å². The van der Waals surface area contributed by atoms with Gasteiger partial charge in [-0.2, -0.15) is 0 Å². The summed E-state index contributed by atoms with van der Waals surface area (Å²) in [7, 11) is 0. The van der Waals surface area contributed by atoms with Crippen molar-refractivity contribution in [2.75, 3.05) is 5.75 Å². The molecule has 0 N–H and O–H groups in total. The van der Waals surface area contributed by atoms with E-state index in [4.69, 9.17) is 0 Å². The highest BCUT2D eigenvalue weighted by Gasteiger charge is 2.14. The van der Waals surface area contributed by atoms with E-state index in [2.05, 4.69) is 17.7 Å². The molecule has 1 aromatic rings. The number of nitrogens with zero attached hydrogens (tertiary/aromatic N) is 1. The Labute approximate surface area is 92.2 Å². The van der Waals surface area contributed by atoms with E-state index in [1.54, 1.807) is 18.2 Å². The monoisotopic (exact) mass is 223 g/mol. The second-order valence-electron chi connectivity index (χ2n) is 2.77. The predicted octanol–water partition coefficient (Wildman–Crippen LogP) is 3.62. The van der Waals surface area contributed by atoms with Crippen LogP contribution in [0.4, 0.5) is 4.39 Å². The predicted molar refractivity (Wildman–Crippen MR) is 62.4 cm³/mol. The quantitative estimate of drug-likeness (QED) is 0.576. The van der Waals surface area contributed by atoms with Crippen LogP contribution in [0.3, 0.4) is 0 Å². The molecule has 0 aliphatic carbocycles. The fraction of sp³-hybridized carbons (Fsp3) is 0.182. The van der Waals surface area contributed by atoms with E-state index in [-0.39, 0.29) is 11.1 Å². The van der Waals surface area contributed by atoms with Crippen LogP contribution in [0.15, 0.2) is 36.9 Å². The Hall–Kier alpha value is -1.47. The number of hydrogen-bond donors (Lipinski definition) is 0. The summed E-state index contributed by atoms with van der Waals surface area (Å²) in [4.78, 5) is 0. The summed E-state index contributed by atoms with van der Waals surface area (Å²) in [6, 6.07) is 8.35. The fourth-order valence-corrected chi connectivity index (χ4v) is 1.85. The molecule has 1 rings (SSSR count). The first-order chi connectivity index (χ1) is 7.27. The number of rotatable bonds is 4. The molecule has 0 fully saturated rings. The van der Waals surface area contributed by atoms with Crippen molar-refractivity contribution in [2.24, 2.45) is 0 Å². The van der Waals surface area contributed by atoms with Gasteiger partial charge >= 0.3 is 6.07 Å². The van der Waals surface area contributed by atoms with Gasteiger partial charge in [0.05, 0.1) is 0 Å². The Morgan fingerprint density at radius 3 is 2.73 bits per heavy atom. The van der Waals surface area contributed by atoms with Crippen LogP contribution < -0.4 is 0 Å². The van der Waals surface area contributed by atoms with E-state index in [0.29, 0.717) is 5.75 Å². The Kier molecular flexibility index (Phi) is 4.72. The molecule has 0 saturated carbocycles.